The van der Waals surface area contributed by atoms with Gasteiger partial charge in [-0.25, -0.2) is 0 Å². The maximum atomic E-state index is 6.05. The SMILES string of the molecule is COc1ccc(Cl)c(OCC2NCCC2(C)C)n1. The summed E-state index contributed by atoms with van der Waals surface area (Å²) in [7, 11) is 1.57. The minimum absolute atomic E-state index is 0.241. The summed E-state index contributed by atoms with van der Waals surface area (Å²) in [5, 5.41) is 3.94. The molecule has 0 aromatic carbocycles. The summed E-state index contributed by atoms with van der Waals surface area (Å²) in [5.74, 6) is 0.938. The van der Waals surface area contributed by atoms with Crippen LogP contribution in [0.25, 0.3) is 0 Å². The van der Waals surface area contributed by atoms with Crippen molar-refractivity contribution in [1.29, 1.82) is 0 Å². The number of nitrogens with zero attached hydrogens (tertiary/aromatic N) is 1. The van der Waals surface area contributed by atoms with E-state index in [0.29, 0.717) is 29.4 Å². The Kier molecular flexibility index (Phi) is 3.97. The van der Waals surface area contributed by atoms with Crippen molar-refractivity contribution in [3.05, 3.63) is 17.2 Å². The Labute approximate surface area is 113 Å². The van der Waals surface area contributed by atoms with Crippen LogP contribution in [0.5, 0.6) is 11.8 Å². The van der Waals surface area contributed by atoms with Gasteiger partial charge in [-0.3, -0.25) is 0 Å². The second-order valence-corrected chi connectivity index (χ2v) is 5.60. The van der Waals surface area contributed by atoms with Crippen molar-refractivity contribution in [1.82, 2.24) is 10.3 Å². The molecule has 1 aliphatic heterocycles. The smallest absolute Gasteiger partial charge is 0.235 e. The molecule has 1 aromatic heterocycles. The Morgan fingerprint density at radius 3 is 2.89 bits per heavy atom. The number of rotatable bonds is 4. The van der Waals surface area contributed by atoms with E-state index in [1.807, 2.05) is 0 Å². The van der Waals surface area contributed by atoms with E-state index >= 15 is 0 Å². The number of aromatic nitrogens is 1. The Morgan fingerprint density at radius 1 is 1.50 bits per heavy atom. The van der Waals surface area contributed by atoms with Crippen LogP contribution in [0, 0.1) is 5.41 Å². The maximum Gasteiger partial charge on any atom is 0.235 e. The number of hydrogen-bond acceptors (Lipinski definition) is 4. The summed E-state index contributed by atoms with van der Waals surface area (Å²) in [5.41, 5.74) is 0.241. The van der Waals surface area contributed by atoms with Gasteiger partial charge in [-0.2, -0.15) is 4.98 Å². The molecule has 1 atom stereocenters. The average Bonchev–Trinajstić information content (AvgIpc) is 2.67. The van der Waals surface area contributed by atoms with Crippen LogP contribution in [0.15, 0.2) is 12.1 Å². The van der Waals surface area contributed by atoms with Gasteiger partial charge in [0.1, 0.15) is 11.6 Å². The molecule has 0 aliphatic carbocycles. The zero-order chi connectivity index (χ0) is 13.2. The van der Waals surface area contributed by atoms with E-state index in [1.165, 1.54) is 0 Å². The molecule has 0 amide bonds. The zero-order valence-corrected chi connectivity index (χ0v) is 11.8. The lowest BCUT2D eigenvalue weighted by molar-refractivity contribution is 0.195. The lowest BCUT2D eigenvalue weighted by atomic mass is 9.85. The highest BCUT2D eigenvalue weighted by Crippen LogP contribution is 2.31. The Morgan fingerprint density at radius 2 is 2.28 bits per heavy atom. The number of halogens is 1. The highest BCUT2D eigenvalue weighted by Gasteiger charge is 2.34. The molecule has 0 spiro atoms. The van der Waals surface area contributed by atoms with E-state index in [4.69, 9.17) is 21.1 Å². The predicted octanol–water partition coefficient (Wildman–Crippen LogP) is 2.51. The molecule has 2 heterocycles. The first kappa shape index (κ1) is 13.4. The van der Waals surface area contributed by atoms with Crippen molar-refractivity contribution < 1.29 is 9.47 Å². The van der Waals surface area contributed by atoms with Gasteiger partial charge < -0.3 is 14.8 Å². The van der Waals surface area contributed by atoms with Gasteiger partial charge in [-0.15, -0.1) is 0 Å². The third-order valence-electron chi connectivity index (χ3n) is 3.49. The van der Waals surface area contributed by atoms with E-state index in [-0.39, 0.29) is 5.41 Å². The minimum Gasteiger partial charge on any atom is -0.481 e. The van der Waals surface area contributed by atoms with Crippen molar-refractivity contribution in [2.75, 3.05) is 20.3 Å². The number of ether oxygens (including phenoxy) is 2. The molecule has 1 saturated heterocycles. The standard InChI is InChI=1S/C13H19ClN2O2/c1-13(2)6-7-15-10(13)8-18-12-9(14)4-5-11(16-12)17-3/h4-5,10,15H,6-8H2,1-3H3. The highest BCUT2D eigenvalue weighted by molar-refractivity contribution is 6.31. The van der Waals surface area contributed by atoms with Crippen LogP contribution in [0.3, 0.4) is 0 Å². The van der Waals surface area contributed by atoms with Gasteiger partial charge in [0.15, 0.2) is 0 Å². The fourth-order valence-corrected chi connectivity index (χ4v) is 2.25. The van der Waals surface area contributed by atoms with Gasteiger partial charge >= 0.3 is 0 Å². The summed E-state index contributed by atoms with van der Waals surface area (Å²) >= 11 is 6.05. The van der Waals surface area contributed by atoms with Gasteiger partial charge in [0.2, 0.25) is 11.8 Å². The van der Waals surface area contributed by atoms with E-state index < -0.39 is 0 Å². The number of hydrogen-bond donors (Lipinski definition) is 1. The molecule has 1 aliphatic rings. The van der Waals surface area contributed by atoms with Crippen LogP contribution < -0.4 is 14.8 Å². The molecule has 1 aromatic rings. The fourth-order valence-electron chi connectivity index (χ4n) is 2.09. The molecule has 0 radical (unpaired) electrons. The molecule has 1 N–H and O–H groups in total. The molecule has 2 rings (SSSR count). The van der Waals surface area contributed by atoms with Crippen LogP contribution in [0.1, 0.15) is 20.3 Å². The minimum atomic E-state index is 0.241. The van der Waals surface area contributed by atoms with Crippen molar-refractivity contribution in [3.63, 3.8) is 0 Å². The Balaban J connectivity index is 2.01. The van der Waals surface area contributed by atoms with Crippen LogP contribution in [-0.4, -0.2) is 31.3 Å². The first-order valence-corrected chi connectivity index (χ1v) is 6.47. The Bertz CT molecular complexity index is 423. The molecular weight excluding hydrogens is 252 g/mol. The van der Waals surface area contributed by atoms with E-state index in [1.54, 1.807) is 19.2 Å². The predicted molar refractivity (Wildman–Crippen MR) is 71.5 cm³/mol. The second-order valence-electron chi connectivity index (χ2n) is 5.20. The van der Waals surface area contributed by atoms with E-state index in [2.05, 4.69) is 24.1 Å². The largest absolute Gasteiger partial charge is 0.481 e. The number of pyridine rings is 1. The van der Waals surface area contributed by atoms with Gasteiger partial charge in [0.05, 0.1) is 7.11 Å². The first-order chi connectivity index (χ1) is 8.53. The quantitative estimate of drug-likeness (QED) is 0.913. The van der Waals surface area contributed by atoms with E-state index in [9.17, 15) is 0 Å². The number of methoxy groups -OCH3 is 1. The monoisotopic (exact) mass is 270 g/mol. The summed E-state index contributed by atoms with van der Waals surface area (Å²) in [6.07, 6.45) is 1.15. The van der Waals surface area contributed by atoms with Crippen molar-refractivity contribution in [2.24, 2.45) is 5.41 Å². The molecule has 18 heavy (non-hydrogen) atoms. The van der Waals surface area contributed by atoms with Crippen molar-refractivity contribution in [3.8, 4) is 11.8 Å². The Hall–Kier alpha value is -1.00. The summed E-state index contributed by atoms with van der Waals surface area (Å²) < 4.78 is 10.8. The molecule has 0 saturated carbocycles. The third kappa shape index (κ3) is 2.87. The lowest BCUT2D eigenvalue weighted by Crippen LogP contribution is -2.38. The van der Waals surface area contributed by atoms with Gasteiger partial charge in [-0.1, -0.05) is 25.4 Å². The topological polar surface area (TPSA) is 43.4 Å². The summed E-state index contributed by atoms with van der Waals surface area (Å²) in [6.45, 7) is 6.07. The lowest BCUT2D eigenvalue weighted by Gasteiger charge is -2.26. The molecule has 1 fully saturated rings. The van der Waals surface area contributed by atoms with Crippen molar-refractivity contribution >= 4 is 11.6 Å². The highest BCUT2D eigenvalue weighted by atomic mass is 35.5. The van der Waals surface area contributed by atoms with Crippen LogP contribution in [-0.2, 0) is 0 Å². The van der Waals surface area contributed by atoms with E-state index in [0.717, 1.165) is 13.0 Å². The third-order valence-corrected chi connectivity index (χ3v) is 3.78. The summed E-state index contributed by atoms with van der Waals surface area (Å²) in [4.78, 5) is 4.20. The van der Waals surface area contributed by atoms with Crippen LogP contribution in [0.2, 0.25) is 5.02 Å². The maximum absolute atomic E-state index is 6.05. The molecular formula is C13H19ClN2O2. The van der Waals surface area contributed by atoms with Crippen molar-refractivity contribution in [2.45, 2.75) is 26.3 Å². The fraction of sp³-hybridized carbons (Fsp3) is 0.615. The normalized spacial score (nSPS) is 21.9. The number of nitrogens with one attached hydrogen (secondary N) is 1. The van der Waals surface area contributed by atoms with Crippen LogP contribution in [0.4, 0.5) is 0 Å². The second kappa shape index (κ2) is 5.33. The van der Waals surface area contributed by atoms with Gasteiger partial charge in [-0.05, 0) is 24.4 Å². The molecule has 100 valence electrons. The molecule has 5 heteroatoms. The van der Waals surface area contributed by atoms with Gasteiger partial charge in [0, 0.05) is 12.1 Å². The van der Waals surface area contributed by atoms with Gasteiger partial charge in [0.25, 0.3) is 0 Å². The zero-order valence-electron chi connectivity index (χ0n) is 11.0. The molecule has 1 unspecified atom stereocenters. The average molecular weight is 271 g/mol. The summed E-state index contributed by atoms with van der Waals surface area (Å²) in [6, 6.07) is 3.77. The first-order valence-electron chi connectivity index (χ1n) is 6.09. The van der Waals surface area contributed by atoms with Crippen LogP contribution >= 0.6 is 11.6 Å². The molecule has 4 nitrogen and oxygen atoms in total. The molecule has 0 bridgehead atoms.